The summed E-state index contributed by atoms with van der Waals surface area (Å²) in [6.45, 7) is 2.28. The average molecular weight is 352 g/mol. The summed E-state index contributed by atoms with van der Waals surface area (Å²) in [7, 11) is 0. The van der Waals surface area contributed by atoms with E-state index in [4.69, 9.17) is 4.65 Å². The van der Waals surface area contributed by atoms with Gasteiger partial charge in [-0.2, -0.15) is 0 Å². The minimum Gasteiger partial charge on any atom is -0.416 e. The van der Waals surface area contributed by atoms with Gasteiger partial charge in [-0.05, 0) is 28.6 Å². The number of allylic oxidation sites excluding steroid dienone is 1. The van der Waals surface area contributed by atoms with Crippen molar-refractivity contribution in [2.75, 3.05) is 0 Å². The molecule has 1 aliphatic heterocycles. The summed E-state index contributed by atoms with van der Waals surface area (Å²) in [6, 6.07) is 32.0. The van der Waals surface area contributed by atoms with Crippen LogP contribution >= 0.6 is 0 Å². The van der Waals surface area contributed by atoms with Gasteiger partial charge in [0, 0.05) is 0 Å². The average Bonchev–Trinajstić information content (AvgIpc) is 3.13. The second-order valence-electron chi connectivity index (χ2n) is 7.13. The molecule has 134 valence electrons. The monoisotopic (exact) mass is 352 g/mol. The lowest BCUT2D eigenvalue weighted by molar-refractivity contribution is 0.286. The van der Waals surface area contributed by atoms with Crippen molar-refractivity contribution in [3.63, 3.8) is 0 Å². The van der Waals surface area contributed by atoms with Crippen LogP contribution in [0.5, 0.6) is 0 Å². The molecular weight excluding hydrogens is 327 g/mol. The van der Waals surface area contributed by atoms with Crippen LogP contribution in [-0.4, -0.2) is 6.92 Å². The largest absolute Gasteiger partial charge is 0.416 e. The fourth-order valence-corrected chi connectivity index (χ4v) is 3.96. The van der Waals surface area contributed by atoms with Gasteiger partial charge in [0.1, 0.15) is 0 Å². The maximum atomic E-state index is 6.74. The first-order valence-corrected chi connectivity index (χ1v) is 9.92. The van der Waals surface area contributed by atoms with Gasteiger partial charge in [-0.3, -0.25) is 0 Å². The fourth-order valence-electron chi connectivity index (χ4n) is 3.96. The number of rotatable bonds is 6. The van der Waals surface area contributed by atoms with Crippen LogP contribution in [-0.2, 0) is 4.65 Å². The van der Waals surface area contributed by atoms with Crippen molar-refractivity contribution in [2.24, 2.45) is 0 Å². The minimum absolute atomic E-state index is 0.0225. The van der Waals surface area contributed by atoms with E-state index >= 15 is 0 Å². The molecule has 3 aromatic rings. The summed E-state index contributed by atoms with van der Waals surface area (Å²) in [5.41, 5.74) is 6.53. The van der Waals surface area contributed by atoms with Crippen LogP contribution in [0.15, 0.2) is 96.5 Å². The fraction of sp³-hybridized carbons (Fsp3) is 0.200. The van der Waals surface area contributed by atoms with Gasteiger partial charge in [-0.25, -0.2) is 0 Å². The third-order valence-corrected chi connectivity index (χ3v) is 5.29. The normalized spacial score (nSPS) is 16.8. The van der Waals surface area contributed by atoms with Crippen LogP contribution in [0.2, 0.25) is 0 Å². The van der Waals surface area contributed by atoms with E-state index in [1.54, 1.807) is 0 Å². The Labute approximate surface area is 162 Å². The van der Waals surface area contributed by atoms with Crippen molar-refractivity contribution in [1.29, 1.82) is 0 Å². The predicted molar refractivity (Wildman–Crippen MR) is 115 cm³/mol. The molecule has 1 heterocycles. The molecule has 0 bridgehead atoms. The predicted octanol–water partition coefficient (Wildman–Crippen LogP) is 5.84. The highest BCUT2D eigenvalue weighted by Gasteiger charge is 2.39. The number of benzene rings is 3. The van der Waals surface area contributed by atoms with Crippen LogP contribution in [0.4, 0.5) is 0 Å². The molecule has 0 N–H and O–H groups in total. The van der Waals surface area contributed by atoms with Gasteiger partial charge in [0.05, 0.1) is 6.10 Å². The van der Waals surface area contributed by atoms with E-state index in [-0.39, 0.29) is 13.0 Å². The SMILES string of the molecule is CCCCC1=C(c2ccccc2)C(c2ccccc2)OB1c1ccccc1. The van der Waals surface area contributed by atoms with Gasteiger partial charge in [0.25, 0.3) is 0 Å². The highest BCUT2D eigenvalue weighted by Crippen LogP contribution is 2.44. The molecular formula is C25H25BO. The maximum absolute atomic E-state index is 6.74. The number of unbranched alkanes of at least 4 members (excludes halogenated alkanes) is 1. The molecule has 1 unspecified atom stereocenters. The van der Waals surface area contributed by atoms with Gasteiger partial charge in [-0.15, -0.1) is 0 Å². The van der Waals surface area contributed by atoms with Crippen molar-refractivity contribution < 1.29 is 4.65 Å². The molecule has 0 saturated carbocycles. The van der Waals surface area contributed by atoms with E-state index < -0.39 is 0 Å². The van der Waals surface area contributed by atoms with Gasteiger partial charge in [-0.1, -0.05) is 116 Å². The van der Waals surface area contributed by atoms with Gasteiger partial charge >= 0.3 is 6.92 Å². The van der Waals surface area contributed by atoms with Gasteiger partial charge in [0.15, 0.2) is 0 Å². The van der Waals surface area contributed by atoms with Gasteiger partial charge < -0.3 is 4.65 Å². The summed E-state index contributed by atoms with van der Waals surface area (Å²) in [5.74, 6) is 0. The Balaban J connectivity index is 1.86. The Bertz CT molecular complexity index is 887. The van der Waals surface area contributed by atoms with Crippen LogP contribution < -0.4 is 5.46 Å². The van der Waals surface area contributed by atoms with Gasteiger partial charge in [0.2, 0.25) is 0 Å². The Morgan fingerprint density at radius 2 is 1.37 bits per heavy atom. The van der Waals surface area contributed by atoms with Crippen LogP contribution in [0.25, 0.3) is 5.57 Å². The smallest absolute Gasteiger partial charge is 0.358 e. The van der Waals surface area contributed by atoms with Crippen LogP contribution in [0.1, 0.15) is 43.4 Å². The Hall–Kier alpha value is -2.58. The zero-order valence-electron chi connectivity index (χ0n) is 15.8. The first kappa shape index (κ1) is 17.8. The summed E-state index contributed by atoms with van der Waals surface area (Å²) in [5, 5.41) is 0. The summed E-state index contributed by atoms with van der Waals surface area (Å²) >= 11 is 0. The summed E-state index contributed by atoms with van der Waals surface area (Å²) in [6.07, 6.45) is 3.41. The lowest BCUT2D eigenvalue weighted by Gasteiger charge is -2.18. The standard InChI is InChI=1S/C25H25BO/c1-2-3-19-23-24(20-13-7-4-8-14-20)25(21-15-9-5-10-16-21)27-26(23)22-17-11-6-12-18-22/h4-18,25H,2-3,19H2,1H3. The quantitative estimate of drug-likeness (QED) is 0.507. The molecule has 0 aromatic heterocycles. The van der Waals surface area contributed by atoms with Crippen molar-refractivity contribution in [2.45, 2.75) is 32.3 Å². The molecule has 0 amide bonds. The highest BCUT2D eigenvalue weighted by atomic mass is 16.5. The molecule has 1 nitrogen and oxygen atoms in total. The van der Waals surface area contributed by atoms with E-state index in [2.05, 4.69) is 97.9 Å². The van der Waals surface area contributed by atoms with E-state index in [0.717, 1.165) is 6.42 Å². The zero-order valence-corrected chi connectivity index (χ0v) is 15.8. The van der Waals surface area contributed by atoms with E-state index in [0.29, 0.717) is 0 Å². The minimum atomic E-state index is -0.0225. The van der Waals surface area contributed by atoms with E-state index in [9.17, 15) is 0 Å². The summed E-state index contributed by atoms with van der Waals surface area (Å²) < 4.78 is 6.74. The van der Waals surface area contributed by atoms with E-state index in [1.807, 2.05) is 0 Å². The first-order valence-electron chi connectivity index (χ1n) is 9.92. The Morgan fingerprint density at radius 3 is 2.00 bits per heavy atom. The van der Waals surface area contributed by atoms with Crippen molar-refractivity contribution >= 4 is 18.0 Å². The molecule has 2 heteroatoms. The Kier molecular flexibility index (Phi) is 5.55. The molecule has 1 atom stereocenters. The molecule has 0 saturated heterocycles. The molecule has 0 fully saturated rings. The zero-order chi connectivity index (χ0) is 18.5. The molecule has 0 spiro atoms. The van der Waals surface area contributed by atoms with Crippen molar-refractivity contribution in [3.05, 3.63) is 108 Å². The molecule has 1 aliphatic rings. The number of hydrogen-bond acceptors (Lipinski definition) is 1. The lowest BCUT2D eigenvalue weighted by Crippen LogP contribution is -2.33. The second kappa shape index (κ2) is 8.41. The van der Waals surface area contributed by atoms with Crippen molar-refractivity contribution in [3.8, 4) is 0 Å². The molecule has 0 aliphatic carbocycles. The molecule has 27 heavy (non-hydrogen) atoms. The van der Waals surface area contributed by atoms with Crippen molar-refractivity contribution in [1.82, 2.24) is 0 Å². The lowest BCUT2D eigenvalue weighted by atomic mass is 9.53. The summed E-state index contributed by atoms with van der Waals surface area (Å²) in [4.78, 5) is 0. The third-order valence-electron chi connectivity index (χ3n) is 5.29. The Morgan fingerprint density at radius 1 is 0.778 bits per heavy atom. The first-order chi connectivity index (χ1) is 13.4. The van der Waals surface area contributed by atoms with E-state index in [1.165, 1.54) is 40.5 Å². The molecule has 4 rings (SSSR count). The topological polar surface area (TPSA) is 9.23 Å². The van der Waals surface area contributed by atoms with Crippen LogP contribution in [0, 0.1) is 0 Å². The van der Waals surface area contributed by atoms with Crippen LogP contribution in [0.3, 0.4) is 0 Å². The highest BCUT2D eigenvalue weighted by molar-refractivity contribution is 6.76. The number of hydrogen-bond donors (Lipinski definition) is 0. The second-order valence-corrected chi connectivity index (χ2v) is 7.13. The maximum Gasteiger partial charge on any atom is 0.358 e. The third kappa shape index (κ3) is 3.77. The molecule has 3 aromatic carbocycles. The molecule has 0 radical (unpaired) electrons.